The van der Waals surface area contributed by atoms with Crippen LogP contribution in [0.1, 0.15) is 12.5 Å². The molecule has 5 rings (SSSR count). The van der Waals surface area contributed by atoms with Crippen molar-refractivity contribution in [3.05, 3.63) is 48.7 Å². The Morgan fingerprint density at radius 3 is 2.73 bits per heavy atom. The van der Waals surface area contributed by atoms with Crippen molar-refractivity contribution < 1.29 is 4.74 Å². The van der Waals surface area contributed by atoms with Crippen molar-refractivity contribution in [2.75, 3.05) is 49.6 Å². The van der Waals surface area contributed by atoms with E-state index in [2.05, 4.69) is 60.3 Å². The quantitative estimate of drug-likeness (QED) is 0.664. The van der Waals surface area contributed by atoms with Crippen LogP contribution >= 0.6 is 0 Å². The highest BCUT2D eigenvalue weighted by atomic mass is 16.5. The van der Waals surface area contributed by atoms with Crippen LogP contribution < -0.4 is 10.2 Å². The van der Waals surface area contributed by atoms with Crippen LogP contribution in [0, 0.1) is 0 Å². The first-order valence-corrected chi connectivity index (χ1v) is 10.4. The maximum absolute atomic E-state index is 5.48. The normalized spacial score (nSPS) is 17.7. The number of anilines is 3. The maximum Gasteiger partial charge on any atom is 0.247 e. The van der Waals surface area contributed by atoms with Crippen LogP contribution in [0.5, 0.6) is 0 Å². The van der Waals surface area contributed by atoms with Gasteiger partial charge in [-0.1, -0.05) is 6.92 Å². The third-order valence-electron chi connectivity index (χ3n) is 5.71. The zero-order chi connectivity index (χ0) is 20.3. The second-order valence-corrected chi connectivity index (χ2v) is 7.65. The predicted octanol–water partition coefficient (Wildman–Crippen LogP) is 1.88. The lowest BCUT2D eigenvalue weighted by Crippen LogP contribution is -2.61. The highest BCUT2D eigenvalue weighted by Gasteiger charge is 2.32. The van der Waals surface area contributed by atoms with Crippen molar-refractivity contribution in [2.24, 2.45) is 0 Å². The molecule has 0 unspecified atom stereocenters. The van der Waals surface area contributed by atoms with Crippen LogP contribution in [0.3, 0.4) is 0 Å². The third-order valence-corrected chi connectivity index (χ3v) is 5.71. The van der Waals surface area contributed by atoms with Gasteiger partial charge in [-0.25, -0.2) is 4.98 Å². The van der Waals surface area contributed by atoms with Gasteiger partial charge >= 0.3 is 0 Å². The number of nitrogens with one attached hydrogen (secondary N) is 1. The molecule has 2 aliphatic rings. The Bertz CT molecular complexity index is 980. The number of ether oxygens (including phenoxy) is 1. The number of benzene rings is 1. The molecule has 9 nitrogen and oxygen atoms in total. The minimum absolute atomic E-state index is 0.537. The average Bonchev–Trinajstić information content (AvgIpc) is 3.22. The summed E-state index contributed by atoms with van der Waals surface area (Å²) >= 11 is 0. The number of rotatable bonds is 6. The predicted molar refractivity (Wildman–Crippen MR) is 114 cm³/mol. The standard InChI is InChI=1S/C21H26N8O/c1-2-16-9-17(25-21-24-15-29(26-21)20-12-22-3-4-23-20)11-18(10-16)28-13-19(14-28)27-5-7-30-8-6-27/h3-4,9-12,15,19H,2,5-8,13-14H2,1H3,(H,25,26). The molecule has 2 aromatic heterocycles. The molecule has 0 saturated carbocycles. The van der Waals surface area contributed by atoms with E-state index in [1.807, 2.05) is 0 Å². The Kier molecular flexibility index (Phi) is 5.29. The van der Waals surface area contributed by atoms with Gasteiger partial charge in [-0.05, 0) is 30.2 Å². The molecule has 2 saturated heterocycles. The number of hydrogen-bond donors (Lipinski definition) is 1. The molecule has 9 heteroatoms. The van der Waals surface area contributed by atoms with Gasteiger partial charge in [0.2, 0.25) is 5.95 Å². The molecule has 3 aromatic rings. The first-order valence-electron chi connectivity index (χ1n) is 10.4. The van der Waals surface area contributed by atoms with E-state index < -0.39 is 0 Å². The molecule has 1 aromatic carbocycles. The number of aryl methyl sites for hydroxylation is 1. The van der Waals surface area contributed by atoms with Crippen LogP contribution in [0.15, 0.2) is 43.1 Å². The van der Waals surface area contributed by atoms with Gasteiger partial charge in [0, 0.05) is 56.0 Å². The molecule has 0 radical (unpaired) electrons. The second-order valence-electron chi connectivity index (χ2n) is 7.65. The van der Waals surface area contributed by atoms with Crippen LogP contribution in [0.25, 0.3) is 5.82 Å². The summed E-state index contributed by atoms with van der Waals surface area (Å²) in [6, 6.07) is 7.25. The monoisotopic (exact) mass is 406 g/mol. The first-order chi connectivity index (χ1) is 14.8. The van der Waals surface area contributed by atoms with Crippen molar-refractivity contribution in [1.29, 1.82) is 0 Å². The van der Waals surface area contributed by atoms with Crippen molar-refractivity contribution in [2.45, 2.75) is 19.4 Å². The van der Waals surface area contributed by atoms with Gasteiger partial charge in [-0.15, -0.1) is 5.10 Å². The Labute approximate surface area is 175 Å². The van der Waals surface area contributed by atoms with E-state index >= 15 is 0 Å². The van der Waals surface area contributed by atoms with Gasteiger partial charge in [0.25, 0.3) is 0 Å². The van der Waals surface area contributed by atoms with Crippen LogP contribution in [-0.2, 0) is 11.2 Å². The average molecular weight is 406 g/mol. The van der Waals surface area contributed by atoms with Crippen LogP contribution in [0.2, 0.25) is 0 Å². The number of hydrogen-bond acceptors (Lipinski definition) is 8. The molecule has 1 N–H and O–H groups in total. The zero-order valence-corrected chi connectivity index (χ0v) is 17.1. The summed E-state index contributed by atoms with van der Waals surface area (Å²) < 4.78 is 7.09. The summed E-state index contributed by atoms with van der Waals surface area (Å²) in [6.45, 7) is 8.09. The Hall–Kier alpha value is -3.04. The lowest BCUT2D eigenvalue weighted by Gasteiger charge is -2.47. The minimum Gasteiger partial charge on any atom is -0.379 e. The van der Waals surface area contributed by atoms with E-state index in [1.54, 1.807) is 29.6 Å². The molecular formula is C21H26N8O. The first kappa shape index (κ1) is 19.0. The van der Waals surface area contributed by atoms with Gasteiger partial charge in [0.1, 0.15) is 6.33 Å². The van der Waals surface area contributed by atoms with Gasteiger partial charge in [-0.2, -0.15) is 9.67 Å². The maximum atomic E-state index is 5.48. The molecule has 30 heavy (non-hydrogen) atoms. The molecule has 0 spiro atoms. The topological polar surface area (TPSA) is 84.2 Å². The highest BCUT2D eigenvalue weighted by Crippen LogP contribution is 2.29. The van der Waals surface area contributed by atoms with Gasteiger partial charge in [0.15, 0.2) is 5.82 Å². The second kappa shape index (κ2) is 8.37. The summed E-state index contributed by atoms with van der Waals surface area (Å²) in [4.78, 5) is 17.7. The smallest absolute Gasteiger partial charge is 0.247 e. The molecule has 0 amide bonds. The van der Waals surface area contributed by atoms with Gasteiger partial charge < -0.3 is 15.0 Å². The Balaban J connectivity index is 1.29. The molecular weight excluding hydrogens is 380 g/mol. The van der Waals surface area contributed by atoms with E-state index in [0.29, 0.717) is 17.8 Å². The fraction of sp³-hybridized carbons (Fsp3) is 0.429. The minimum atomic E-state index is 0.537. The van der Waals surface area contributed by atoms with E-state index in [1.165, 1.54) is 11.3 Å². The molecule has 0 bridgehead atoms. The summed E-state index contributed by atoms with van der Waals surface area (Å²) in [5.41, 5.74) is 3.53. The van der Waals surface area contributed by atoms with Crippen molar-refractivity contribution >= 4 is 17.3 Å². The number of aromatic nitrogens is 5. The Morgan fingerprint density at radius 1 is 1.10 bits per heavy atom. The van der Waals surface area contributed by atoms with Gasteiger partial charge in [-0.3, -0.25) is 9.88 Å². The van der Waals surface area contributed by atoms with Crippen molar-refractivity contribution in [3.8, 4) is 5.82 Å². The third kappa shape index (κ3) is 3.99. The molecule has 4 heterocycles. The molecule has 0 atom stereocenters. The number of nitrogens with zero attached hydrogens (tertiary/aromatic N) is 7. The van der Waals surface area contributed by atoms with E-state index in [9.17, 15) is 0 Å². The Morgan fingerprint density at radius 2 is 1.97 bits per heavy atom. The van der Waals surface area contributed by atoms with E-state index in [4.69, 9.17) is 4.74 Å². The molecule has 2 fully saturated rings. The summed E-state index contributed by atoms with van der Waals surface area (Å²) in [5, 5.41) is 7.81. The largest absolute Gasteiger partial charge is 0.379 e. The SMILES string of the molecule is CCc1cc(Nc2ncn(-c3cnccn3)n2)cc(N2CC(N3CCOCC3)C2)c1. The van der Waals surface area contributed by atoms with Crippen molar-refractivity contribution in [3.63, 3.8) is 0 Å². The van der Waals surface area contributed by atoms with Crippen molar-refractivity contribution in [1.82, 2.24) is 29.6 Å². The fourth-order valence-electron chi connectivity index (χ4n) is 3.94. The molecule has 156 valence electrons. The fourth-order valence-corrected chi connectivity index (χ4v) is 3.94. The van der Waals surface area contributed by atoms with E-state index in [-0.39, 0.29) is 0 Å². The van der Waals surface area contributed by atoms with Gasteiger partial charge in [0.05, 0.1) is 19.4 Å². The lowest BCUT2D eigenvalue weighted by atomic mass is 10.0. The zero-order valence-electron chi connectivity index (χ0n) is 17.1. The summed E-state index contributed by atoms with van der Waals surface area (Å²) in [7, 11) is 0. The lowest BCUT2D eigenvalue weighted by molar-refractivity contribution is 0.0105. The van der Waals surface area contributed by atoms with E-state index in [0.717, 1.165) is 51.5 Å². The number of morpholine rings is 1. The van der Waals surface area contributed by atoms with Crippen LogP contribution in [-0.4, -0.2) is 75.1 Å². The molecule has 2 aliphatic heterocycles. The summed E-state index contributed by atoms with van der Waals surface area (Å²) in [6.07, 6.45) is 7.54. The summed E-state index contributed by atoms with van der Waals surface area (Å²) in [5.74, 6) is 1.17. The van der Waals surface area contributed by atoms with Crippen LogP contribution in [0.4, 0.5) is 17.3 Å². The molecule has 0 aliphatic carbocycles. The highest BCUT2D eigenvalue weighted by molar-refractivity contribution is 5.65.